The number of nitrogens with zero attached hydrogens (tertiary/aromatic N) is 1. The summed E-state index contributed by atoms with van der Waals surface area (Å²) in [4.78, 5) is 13.8. The molecule has 3 unspecified atom stereocenters. The van der Waals surface area contributed by atoms with Crippen LogP contribution in [0.25, 0.3) is 0 Å². The van der Waals surface area contributed by atoms with Crippen molar-refractivity contribution >= 4 is 5.91 Å². The highest BCUT2D eigenvalue weighted by Gasteiger charge is 2.33. The molecule has 0 spiro atoms. The maximum atomic E-state index is 12.1. The lowest BCUT2D eigenvalue weighted by atomic mass is 9.71. The van der Waals surface area contributed by atoms with Crippen LogP contribution in [0.5, 0.6) is 0 Å². The van der Waals surface area contributed by atoms with E-state index in [4.69, 9.17) is 0 Å². The predicted molar refractivity (Wildman–Crippen MR) is 83.6 cm³/mol. The van der Waals surface area contributed by atoms with Gasteiger partial charge in [0.05, 0.1) is 6.04 Å². The van der Waals surface area contributed by atoms with Gasteiger partial charge in [-0.15, -0.1) is 0 Å². The molecule has 0 aromatic carbocycles. The number of hydrogen-bond acceptors (Lipinski definition) is 2. The average Bonchev–Trinajstić information content (AvgIpc) is 2.47. The summed E-state index contributed by atoms with van der Waals surface area (Å²) in [5.74, 6) is 1.92. The SMILES string of the molecule is CC(NC1CCCCC1C1CCCCC1)C(=O)N(C)C. The average molecular weight is 280 g/mol. The van der Waals surface area contributed by atoms with E-state index in [2.05, 4.69) is 5.32 Å². The molecule has 3 atom stereocenters. The summed E-state index contributed by atoms with van der Waals surface area (Å²) in [6.07, 6.45) is 12.4. The first-order valence-electron chi connectivity index (χ1n) is 8.57. The van der Waals surface area contributed by atoms with Gasteiger partial charge in [-0.2, -0.15) is 0 Å². The molecule has 0 aromatic heterocycles. The summed E-state index contributed by atoms with van der Waals surface area (Å²) in [6.45, 7) is 2.02. The lowest BCUT2D eigenvalue weighted by molar-refractivity contribution is -0.130. The van der Waals surface area contributed by atoms with Crippen molar-refractivity contribution in [1.29, 1.82) is 0 Å². The summed E-state index contributed by atoms with van der Waals surface area (Å²) in [5, 5.41) is 3.66. The zero-order chi connectivity index (χ0) is 14.5. The summed E-state index contributed by atoms with van der Waals surface area (Å²) >= 11 is 0. The normalized spacial score (nSPS) is 29.9. The maximum Gasteiger partial charge on any atom is 0.238 e. The Hall–Kier alpha value is -0.570. The Labute approximate surface area is 124 Å². The van der Waals surface area contributed by atoms with Crippen LogP contribution < -0.4 is 5.32 Å². The highest BCUT2D eigenvalue weighted by Crippen LogP contribution is 2.38. The summed E-state index contributed by atoms with van der Waals surface area (Å²) < 4.78 is 0. The van der Waals surface area contributed by atoms with Crippen LogP contribution in [0.4, 0.5) is 0 Å². The van der Waals surface area contributed by atoms with Crippen molar-refractivity contribution in [3.63, 3.8) is 0 Å². The summed E-state index contributed by atoms with van der Waals surface area (Å²) in [7, 11) is 3.69. The van der Waals surface area contributed by atoms with Gasteiger partial charge in [0.2, 0.25) is 5.91 Å². The van der Waals surface area contributed by atoms with Gasteiger partial charge in [-0.1, -0.05) is 44.9 Å². The van der Waals surface area contributed by atoms with Gasteiger partial charge in [0.1, 0.15) is 0 Å². The molecule has 2 saturated carbocycles. The third-order valence-electron chi connectivity index (χ3n) is 5.35. The highest BCUT2D eigenvalue weighted by atomic mass is 16.2. The van der Waals surface area contributed by atoms with Crippen LogP contribution in [0.2, 0.25) is 0 Å². The van der Waals surface area contributed by atoms with Crippen LogP contribution in [-0.2, 0) is 4.79 Å². The molecule has 3 heteroatoms. The van der Waals surface area contributed by atoms with Crippen molar-refractivity contribution in [3.05, 3.63) is 0 Å². The van der Waals surface area contributed by atoms with Crippen LogP contribution in [-0.4, -0.2) is 37.0 Å². The highest BCUT2D eigenvalue weighted by molar-refractivity contribution is 5.80. The van der Waals surface area contributed by atoms with Gasteiger partial charge in [-0.3, -0.25) is 4.79 Å². The van der Waals surface area contributed by atoms with Gasteiger partial charge >= 0.3 is 0 Å². The van der Waals surface area contributed by atoms with Gasteiger partial charge in [0.25, 0.3) is 0 Å². The molecule has 0 aliphatic heterocycles. The molecule has 2 rings (SSSR count). The lowest BCUT2D eigenvalue weighted by Crippen LogP contribution is -2.51. The van der Waals surface area contributed by atoms with E-state index in [0.717, 1.165) is 11.8 Å². The number of rotatable bonds is 4. The second-order valence-electron chi connectivity index (χ2n) is 7.07. The molecule has 116 valence electrons. The van der Waals surface area contributed by atoms with E-state index < -0.39 is 0 Å². The second kappa shape index (κ2) is 7.44. The van der Waals surface area contributed by atoms with Crippen molar-refractivity contribution in [3.8, 4) is 0 Å². The van der Waals surface area contributed by atoms with Gasteiger partial charge in [0, 0.05) is 20.1 Å². The van der Waals surface area contributed by atoms with Gasteiger partial charge in [0.15, 0.2) is 0 Å². The molecule has 0 heterocycles. The van der Waals surface area contributed by atoms with E-state index in [1.807, 2.05) is 21.0 Å². The summed E-state index contributed by atoms with van der Waals surface area (Å²) in [6, 6.07) is 0.518. The zero-order valence-corrected chi connectivity index (χ0v) is 13.5. The quantitative estimate of drug-likeness (QED) is 0.857. The molecule has 2 fully saturated rings. The first-order valence-corrected chi connectivity index (χ1v) is 8.57. The number of nitrogens with one attached hydrogen (secondary N) is 1. The molecule has 0 bridgehead atoms. The van der Waals surface area contributed by atoms with Crippen molar-refractivity contribution in [2.75, 3.05) is 14.1 Å². The van der Waals surface area contributed by atoms with Crippen molar-refractivity contribution in [2.45, 2.75) is 76.8 Å². The number of carbonyl (C=O) groups excluding carboxylic acids is 1. The predicted octanol–water partition coefficient (Wildman–Crippen LogP) is 3.19. The Balaban J connectivity index is 1.94. The monoisotopic (exact) mass is 280 g/mol. The molecule has 3 nitrogen and oxygen atoms in total. The van der Waals surface area contributed by atoms with E-state index in [-0.39, 0.29) is 11.9 Å². The molecule has 1 N–H and O–H groups in total. The fourth-order valence-corrected chi connectivity index (χ4v) is 4.27. The molecule has 2 aliphatic carbocycles. The van der Waals surface area contributed by atoms with Gasteiger partial charge < -0.3 is 10.2 Å². The maximum absolute atomic E-state index is 12.1. The van der Waals surface area contributed by atoms with Crippen LogP contribution in [0.15, 0.2) is 0 Å². The van der Waals surface area contributed by atoms with Crippen LogP contribution in [0.1, 0.15) is 64.7 Å². The van der Waals surface area contributed by atoms with E-state index in [1.165, 1.54) is 57.8 Å². The summed E-state index contributed by atoms with van der Waals surface area (Å²) in [5.41, 5.74) is 0. The number of likely N-dealkylation sites (N-methyl/N-ethyl adjacent to an activating group) is 1. The van der Waals surface area contributed by atoms with Crippen LogP contribution >= 0.6 is 0 Å². The first-order chi connectivity index (χ1) is 9.59. The standard InChI is InChI=1S/C17H32N2O/c1-13(17(20)19(2)3)18-16-12-8-7-11-15(16)14-9-5-4-6-10-14/h13-16,18H,4-12H2,1-3H3. The van der Waals surface area contributed by atoms with Crippen molar-refractivity contribution < 1.29 is 4.79 Å². The zero-order valence-electron chi connectivity index (χ0n) is 13.5. The molecule has 1 amide bonds. The van der Waals surface area contributed by atoms with E-state index in [1.54, 1.807) is 4.90 Å². The Morgan fingerprint density at radius 2 is 1.60 bits per heavy atom. The largest absolute Gasteiger partial charge is 0.347 e. The molecule has 20 heavy (non-hydrogen) atoms. The van der Waals surface area contributed by atoms with Crippen molar-refractivity contribution in [2.24, 2.45) is 11.8 Å². The molecular formula is C17H32N2O. The number of amides is 1. The minimum Gasteiger partial charge on any atom is -0.347 e. The third kappa shape index (κ3) is 3.97. The molecular weight excluding hydrogens is 248 g/mol. The molecule has 0 saturated heterocycles. The Morgan fingerprint density at radius 3 is 2.25 bits per heavy atom. The smallest absolute Gasteiger partial charge is 0.238 e. The Bertz CT molecular complexity index is 310. The molecule has 0 radical (unpaired) electrons. The first kappa shape index (κ1) is 15.8. The second-order valence-corrected chi connectivity index (χ2v) is 7.07. The molecule has 0 aromatic rings. The Kier molecular flexibility index (Phi) is 5.88. The number of carbonyl (C=O) groups is 1. The lowest BCUT2D eigenvalue weighted by Gasteiger charge is -2.40. The van der Waals surface area contributed by atoms with Crippen LogP contribution in [0, 0.1) is 11.8 Å². The van der Waals surface area contributed by atoms with Gasteiger partial charge in [-0.05, 0) is 31.6 Å². The fourth-order valence-electron chi connectivity index (χ4n) is 4.27. The van der Waals surface area contributed by atoms with E-state index in [9.17, 15) is 4.79 Å². The molecule has 2 aliphatic rings. The number of hydrogen-bond donors (Lipinski definition) is 1. The van der Waals surface area contributed by atoms with Crippen LogP contribution in [0.3, 0.4) is 0 Å². The minimum absolute atomic E-state index is 0.0424. The minimum atomic E-state index is -0.0424. The van der Waals surface area contributed by atoms with E-state index in [0.29, 0.717) is 6.04 Å². The van der Waals surface area contributed by atoms with E-state index >= 15 is 0 Å². The topological polar surface area (TPSA) is 32.3 Å². The van der Waals surface area contributed by atoms with Crippen molar-refractivity contribution in [1.82, 2.24) is 10.2 Å². The fraction of sp³-hybridized carbons (Fsp3) is 0.941. The third-order valence-corrected chi connectivity index (χ3v) is 5.35. The Morgan fingerprint density at radius 1 is 1.00 bits per heavy atom. The van der Waals surface area contributed by atoms with Gasteiger partial charge in [-0.25, -0.2) is 0 Å².